The first-order valence-corrected chi connectivity index (χ1v) is 17.3. The fraction of sp³-hybridized carbons (Fsp3) is 0.355. The largest absolute Gasteiger partial charge is 0.395 e. The lowest BCUT2D eigenvalue weighted by Gasteiger charge is -2.31. The van der Waals surface area contributed by atoms with Gasteiger partial charge in [-0.05, 0) is 49.0 Å². The Morgan fingerprint density at radius 1 is 1.10 bits per heavy atom. The minimum Gasteiger partial charge on any atom is -0.395 e. The van der Waals surface area contributed by atoms with E-state index in [1.54, 1.807) is 22.9 Å². The summed E-state index contributed by atoms with van der Waals surface area (Å²) in [6.45, 7) is 5.42. The number of anilines is 2. The summed E-state index contributed by atoms with van der Waals surface area (Å²) in [4.78, 5) is 31.3. The standard InChI is InChI=1S/C31H34BrFN2O4Si/c1-21-29(40(2,3)33)27(19-28(37)34(16-17-36)20-22-10-6-4-7-11-22)39-31(21)25-18-23(32)14-15-26(25)35(30(31)38)24-12-8-5-9-13-24/h4-15,18,21,27,29,36H,16-17,19-20H2,1-3H3/t21-,27+,29-,31+/m0/s1. The highest BCUT2D eigenvalue weighted by atomic mass is 79.9. The van der Waals surface area contributed by atoms with E-state index in [1.807, 2.05) is 85.8 Å². The number of ether oxygens (including phenoxy) is 1. The van der Waals surface area contributed by atoms with E-state index >= 15 is 4.11 Å². The lowest BCUT2D eigenvalue weighted by Crippen LogP contribution is -2.44. The average Bonchev–Trinajstić information content (AvgIpc) is 3.35. The van der Waals surface area contributed by atoms with Crippen molar-refractivity contribution in [2.45, 2.75) is 50.2 Å². The van der Waals surface area contributed by atoms with Crippen molar-refractivity contribution in [2.75, 3.05) is 18.1 Å². The zero-order valence-electron chi connectivity index (χ0n) is 22.9. The number of carbonyl (C=O) groups is 2. The third kappa shape index (κ3) is 5.04. The molecule has 1 N–H and O–H groups in total. The van der Waals surface area contributed by atoms with Gasteiger partial charge >= 0.3 is 0 Å². The number of nitrogens with zero attached hydrogens (tertiary/aromatic N) is 2. The number of hydrogen-bond acceptors (Lipinski definition) is 4. The molecule has 1 fully saturated rings. The van der Waals surface area contributed by atoms with Crippen LogP contribution < -0.4 is 4.90 Å². The molecule has 2 heterocycles. The molecule has 6 nitrogen and oxygen atoms in total. The topological polar surface area (TPSA) is 70.1 Å². The molecule has 0 unspecified atom stereocenters. The molecule has 2 aliphatic heterocycles. The van der Waals surface area contributed by atoms with Crippen LogP contribution in [0.25, 0.3) is 0 Å². The lowest BCUT2D eigenvalue weighted by molar-refractivity contribution is -0.149. The molecular weight excluding hydrogens is 591 g/mol. The second kappa shape index (κ2) is 11.2. The van der Waals surface area contributed by atoms with E-state index in [0.29, 0.717) is 23.5 Å². The van der Waals surface area contributed by atoms with Crippen molar-refractivity contribution in [1.82, 2.24) is 4.90 Å². The molecule has 5 rings (SSSR count). The van der Waals surface area contributed by atoms with Crippen LogP contribution in [0.4, 0.5) is 15.5 Å². The number of benzene rings is 3. The van der Waals surface area contributed by atoms with Crippen molar-refractivity contribution in [3.63, 3.8) is 0 Å². The summed E-state index contributed by atoms with van der Waals surface area (Å²) in [6.07, 6.45) is -0.871. The zero-order chi connectivity index (χ0) is 28.7. The molecule has 210 valence electrons. The van der Waals surface area contributed by atoms with Crippen molar-refractivity contribution < 1.29 is 23.5 Å². The van der Waals surface area contributed by atoms with Crippen LogP contribution in [0.3, 0.4) is 0 Å². The van der Waals surface area contributed by atoms with E-state index in [-0.39, 0.29) is 31.4 Å². The van der Waals surface area contributed by atoms with E-state index in [4.69, 9.17) is 4.74 Å². The molecule has 2 aliphatic rings. The molecule has 0 aliphatic carbocycles. The Kier molecular flexibility index (Phi) is 8.03. The molecule has 0 bridgehead atoms. The summed E-state index contributed by atoms with van der Waals surface area (Å²) in [5.41, 5.74) is 0.979. The van der Waals surface area contributed by atoms with Gasteiger partial charge in [0.1, 0.15) is 0 Å². The van der Waals surface area contributed by atoms with Crippen molar-refractivity contribution in [2.24, 2.45) is 5.92 Å². The van der Waals surface area contributed by atoms with E-state index in [2.05, 4.69) is 15.9 Å². The number of hydrogen-bond donors (Lipinski definition) is 1. The van der Waals surface area contributed by atoms with Crippen molar-refractivity contribution in [1.29, 1.82) is 0 Å². The highest BCUT2D eigenvalue weighted by Gasteiger charge is 2.67. The maximum absolute atomic E-state index is 16.1. The number of carbonyl (C=O) groups excluding carboxylic acids is 2. The minimum atomic E-state index is -3.43. The van der Waals surface area contributed by atoms with Gasteiger partial charge in [-0.2, -0.15) is 0 Å². The summed E-state index contributed by atoms with van der Waals surface area (Å²) in [5.74, 6) is -1.02. The number of rotatable bonds is 8. The molecule has 40 heavy (non-hydrogen) atoms. The summed E-state index contributed by atoms with van der Waals surface area (Å²) < 4.78 is 23.7. The molecular formula is C31H34BrFN2O4Si. The van der Waals surface area contributed by atoms with Crippen LogP contribution in [0.15, 0.2) is 83.3 Å². The predicted octanol–water partition coefficient (Wildman–Crippen LogP) is 6.31. The van der Waals surface area contributed by atoms with E-state index in [1.165, 1.54) is 0 Å². The predicted molar refractivity (Wildman–Crippen MR) is 159 cm³/mol. The van der Waals surface area contributed by atoms with Gasteiger partial charge in [-0.15, -0.1) is 0 Å². The Balaban J connectivity index is 1.53. The molecule has 1 saturated heterocycles. The quantitative estimate of drug-likeness (QED) is 0.235. The Labute approximate surface area is 244 Å². The summed E-state index contributed by atoms with van der Waals surface area (Å²) in [6, 6.07) is 24.5. The van der Waals surface area contributed by atoms with E-state index in [9.17, 15) is 14.7 Å². The SMILES string of the molecule is C[C@H]1[C@H]([Si](C)(C)F)[C@@H](CC(=O)N(CCO)Cc2ccccc2)O[C@]12C(=O)N(c1ccccc1)c1ccc(Br)cc12. The van der Waals surface area contributed by atoms with Gasteiger partial charge in [-0.25, -0.2) is 0 Å². The number of fused-ring (bicyclic) bond motifs is 2. The van der Waals surface area contributed by atoms with Gasteiger partial charge in [0.05, 0.1) is 24.8 Å². The monoisotopic (exact) mass is 624 g/mol. The number of aliphatic hydroxyl groups is 1. The second-order valence-corrected chi connectivity index (χ2v) is 15.8. The number of aliphatic hydroxyl groups excluding tert-OH is 1. The number of para-hydroxylation sites is 1. The van der Waals surface area contributed by atoms with E-state index in [0.717, 1.165) is 10.0 Å². The van der Waals surface area contributed by atoms with Crippen LogP contribution in [0.5, 0.6) is 0 Å². The van der Waals surface area contributed by atoms with Crippen LogP contribution in [-0.2, 0) is 26.5 Å². The maximum atomic E-state index is 16.1. The number of halogens is 2. The summed E-state index contributed by atoms with van der Waals surface area (Å²) in [7, 11) is -3.43. The Bertz CT molecular complexity index is 1390. The van der Waals surface area contributed by atoms with Gasteiger partial charge in [0, 0.05) is 40.3 Å². The lowest BCUT2D eigenvalue weighted by atomic mass is 9.82. The summed E-state index contributed by atoms with van der Waals surface area (Å²) in [5, 5.41) is 9.69. The maximum Gasteiger partial charge on any atom is 0.268 e. The molecule has 1 spiro atoms. The van der Waals surface area contributed by atoms with Gasteiger partial charge < -0.3 is 18.9 Å². The summed E-state index contributed by atoms with van der Waals surface area (Å²) >= 11 is 3.55. The molecule has 0 aromatic heterocycles. The Morgan fingerprint density at radius 3 is 2.38 bits per heavy atom. The molecule has 0 radical (unpaired) electrons. The van der Waals surface area contributed by atoms with Crippen LogP contribution >= 0.6 is 15.9 Å². The first-order valence-electron chi connectivity index (χ1n) is 13.6. The molecule has 9 heteroatoms. The Morgan fingerprint density at radius 2 is 1.75 bits per heavy atom. The smallest absolute Gasteiger partial charge is 0.268 e. The average molecular weight is 626 g/mol. The fourth-order valence-electron chi connectivity index (χ4n) is 6.50. The third-order valence-corrected chi connectivity index (χ3v) is 11.1. The van der Waals surface area contributed by atoms with Gasteiger partial charge in [-0.3, -0.25) is 14.5 Å². The van der Waals surface area contributed by atoms with Gasteiger partial charge in [0.25, 0.3) is 5.91 Å². The van der Waals surface area contributed by atoms with Crippen LogP contribution in [0, 0.1) is 5.92 Å². The molecule has 3 aromatic carbocycles. The minimum absolute atomic E-state index is 0.0775. The third-order valence-electron chi connectivity index (χ3n) is 8.16. The highest BCUT2D eigenvalue weighted by Crippen LogP contribution is 2.61. The van der Waals surface area contributed by atoms with Crippen molar-refractivity contribution >= 4 is 47.5 Å². The fourth-order valence-corrected chi connectivity index (χ4v) is 9.35. The first kappa shape index (κ1) is 28.7. The molecule has 2 amide bonds. The zero-order valence-corrected chi connectivity index (χ0v) is 25.5. The molecule has 3 aromatic rings. The van der Waals surface area contributed by atoms with Gasteiger partial charge in [-0.1, -0.05) is 71.4 Å². The second-order valence-electron chi connectivity index (χ2n) is 11.1. The van der Waals surface area contributed by atoms with Crippen molar-refractivity contribution in [3.05, 3.63) is 94.5 Å². The normalized spacial score (nSPS) is 24.0. The van der Waals surface area contributed by atoms with Crippen molar-refractivity contribution in [3.8, 4) is 0 Å². The van der Waals surface area contributed by atoms with Gasteiger partial charge in [0.15, 0.2) is 5.60 Å². The van der Waals surface area contributed by atoms with Crippen LogP contribution in [-0.4, -0.2) is 49.5 Å². The first-order chi connectivity index (χ1) is 19.1. The molecule has 4 atom stereocenters. The van der Waals surface area contributed by atoms with Crippen LogP contribution in [0.1, 0.15) is 24.5 Å². The Hall–Kier alpha value is -2.85. The van der Waals surface area contributed by atoms with E-state index < -0.39 is 31.6 Å². The highest BCUT2D eigenvalue weighted by molar-refractivity contribution is 9.10. The number of amides is 2. The van der Waals surface area contributed by atoms with Crippen LogP contribution in [0.2, 0.25) is 18.6 Å². The van der Waals surface area contributed by atoms with Gasteiger partial charge in [0.2, 0.25) is 14.3 Å². The molecule has 0 saturated carbocycles.